The molecule has 0 saturated heterocycles. The summed E-state index contributed by atoms with van der Waals surface area (Å²) in [6.07, 6.45) is -4.71. The SMILES string of the molecule is N#Cc1cc(-c2ccc(OC(F)(F)F)cc2)ccc1N. The second-order valence-electron chi connectivity index (χ2n) is 3.99. The molecule has 2 aromatic carbocycles. The van der Waals surface area contributed by atoms with Gasteiger partial charge in [-0.3, -0.25) is 0 Å². The Kier molecular flexibility index (Phi) is 3.53. The van der Waals surface area contributed by atoms with Gasteiger partial charge in [0, 0.05) is 5.69 Å². The van der Waals surface area contributed by atoms with Gasteiger partial charge >= 0.3 is 6.36 Å². The number of nitrogens with two attached hydrogens (primary N) is 1. The lowest BCUT2D eigenvalue weighted by Crippen LogP contribution is -2.16. The third-order valence-electron chi connectivity index (χ3n) is 2.59. The summed E-state index contributed by atoms with van der Waals surface area (Å²) in [4.78, 5) is 0. The van der Waals surface area contributed by atoms with E-state index in [-0.39, 0.29) is 5.75 Å². The topological polar surface area (TPSA) is 59.0 Å². The summed E-state index contributed by atoms with van der Waals surface area (Å²) >= 11 is 0. The maximum atomic E-state index is 12.0. The van der Waals surface area contributed by atoms with E-state index in [4.69, 9.17) is 11.0 Å². The minimum atomic E-state index is -4.71. The first-order valence-corrected chi connectivity index (χ1v) is 5.55. The van der Waals surface area contributed by atoms with Crippen LogP contribution in [0.2, 0.25) is 0 Å². The van der Waals surface area contributed by atoms with Gasteiger partial charge in [-0.25, -0.2) is 0 Å². The van der Waals surface area contributed by atoms with Crippen molar-refractivity contribution in [3.05, 3.63) is 48.0 Å². The second-order valence-corrected chi connectivity index (χ2v) is 3.99. The molecular weight excluding hydrogens is 269 g/mol. The van der Waals surface area contributed by atoms with Crippen LogP contribution >= 0.6 is 0 Å². The van der Waals surface area contributed by atoms with Crippen LogP contribution in [0, 0.1) is 11.3 Å². The lowest BCUT2D eigenvalue weighted by atomic mass is 10.0. The van der Waals surface area contributed by atoms with Gasteiger partial charge in [0.1, 0.15) is 11.8 Å². The van der Waals surface area contributed by atoms with E-state index in [1.165, 1.54) is 24.3 Å². The standard InChI is InChI=1S/C14H9F3N2O/c15-14(16,17)20-12-4-1-9(2-5-12)10-3-6-13(19)11(7-10)8-18/h1-7H,19H2. The number of anilines is 1. The number of rotatable bonds is 2. The predicted molar refractivity (Wildman–Crippen MR) is 67.7 cm³/mol. The van der Waals surface area contributed by atoms with Crippen molar-refractivity contribution in [3.8, 4) is 22.9 Å². The van der Waals surface area contributed by atoms with Crippen LogP contribution < -0.4 is 10.5 Å². The predicted octanol–water partition coefficient (Wildman–Crippen LogP) is 3.71. The highest BCUT2D eigenvalue weighted by molar-refractivity contribution is 5.70. The van der Waals surface area contributed by atoms with E-state index in [2.05, 4.69) is 4.74 Å². The fourth-order valence-electron chi connectivity index (χ4n) is 1.68. The highest BCUT2D eigenvalue weighted by atomic mass is 19.4. The Labute approximate surface area is 113 Å². The van der Waals surface area contributed by atoms with Crippen LogP contribution in [0.4, 0.5) is 18.9 Å². The van der Waals surface area contributed by atoms with Crippen LogP contribution in [0.1, 0.15) is 5.56 Å². The van der Waals surface area contributed by atoms with Crippen LogP contribution in [0.15, 0.2) is 42.5 Å². The number of nitriles is 1. The van der Waals surface area contributed by atoms with Crippen molar-refractivity contribution in [2.24, 2.45) is 0 Å². The molecule has 2 N–H and O–H groups in total. The van der Waals surface area contributed by atoms with Crippen molar-refractivity contribution in [1.29, 1.82) is 5.26 Å². The molecule has 0 fully saturated rings. The Balaban J connectivity index is 2.29. The number of alkyl halides is 3. The second kappa shape index (κ2) is 5.13. The van der Waals surface area contributed by atoms with Gasteiger partial charge in [0.25, 0.3) is 0 Å². The monoisotopic (exact) mass is 278 g/mol. The minimum absolute atomic E-state index is 0.294. The molecular formula is C14H9F3N2O. The average molecular weight is 278 g/mol. The first-order valence-electron chi connectivity index (χ1n) is 5.55. The molecule has 2 rings (SSSR count). The Hall–Kier alpha value is -2.68. The third kappa shape index (κ3) is 3.20. The van der Waals surface area contributed by atoms with Crippen molar-refractivity contribution in [2.75, 3.05) is 5.73 Å². The Morgan fingerprint density at radius 3 is 2.15 bits per heavy atom. The van der Waals surface area contributed by atoms with Crippen LogP contribution in [-0.4, -0.2) is 6.36 Å². The van der Waals surface area contributed by atoms with Crippen LogP contribution in [0.5, 0.6) is 5.75 Å². The molecule has 0 saturated carbocycles. The zero-order valence-electron chi connectivity index (χ0n) is 10.1. The highest BCUT2D eigenvalue weighted by Crippen LogP contribution is 2.27. The van der Waals surface area contributed by atoms with E-state index >= 15 is 0 Å². The normalized spacial score (nSPS) is 10.9. The maximum Gasteiger partial charge on any atom is 0.573 e. The van der Waals surface area contributed by atoms with Crippen molar-refractivity contribution in [1.82, 2.24) is 0 Å². The number of nitrogens with zero attached hydrogens (tertiary/aromatic N) is 1. The molecule has 0 aliphatic carbocycles. The molecule has 0 atom stereocenters. The molecule has 0 unspecified atom stereocenters. The zero-order valence-corrected chi connectivity index (χ0v) is 10.1. The fourth-order valence-corrected chi connectivity index (χ4v) is 1.68. The lowest BCUT2D eigenvalue weighted by Gasteiger charge is -2.09. The molecule has 0 aliphatic rings. The number of hydrogen-bond donors (Lipinski definition) is 1. The van der Waals surface area contributed by atoms with E-state index in [1.54, 1.807) is 18.2 Å². The van der Waals surface area contributed by atoms with E-state index in [0.717, 1.165) is 0 Å². The summed E-state index contributed by atoms with van der Waals surface area (Å²) in [6, 6.07) is 12.2. The summed E-state index contributed by atoms with van der Waals surface area (Å²) in [5, 5.41) is 8.89. The van der Waals surface area contributed by atoms with Gasteiger partial charge in [0.05, 0.1) is 5.56 Å². The molecule has 102 valence electrons. The van der Waals surface area contributed by atoms with E-state index in [9.17, 15) is 13.2 Å². The number of halogens is 3. The fraction of sp³-hybridized carbons (Fsp3) is 0.0714. The molecule has 0 radical (unpaired) electrons. The molecule has 6 heteroatoms. The molecule has 0 spiro atoms. The number of hydrogen-bond acceptors (Lipinski definition) is 3. The van der Waals surface area contributed by atoms with Crippen LogP contribution in [0.25, 0.3) is 11.1 Å². The summed E-state index contributed by atoms with van der Waals surface area (Å²) in [5.74, 6) is -0.294. The summed E-state index contributed by atoms with van der Waals surface area (Å²) < 4.78 is 39.9. The number of benzene rings is 2. The number of nitrogen functional groups attached to an aromatic ring is 1. The first kappa shape index (κ1) is 13.7. The van der Waals surface area contributed by atoms with Gasteiger partial charge in [0.15, 0.2) is 0 Å². The van der Waals surface area contributed by atoms with Crippen LogP contribution in [0.3, 0.4) is 0 Å². The molecule has 0 aromatic heterocycles. The minimum Gasteiger partial charge on any atom is -0.406 e. The van der Waals surface area contributed by atoms with Gasteiger partial charge in [-0.15, -0.1) is 13.2 Å². The quantitative estimate of drug-likeness (QED) is 0.852. The van der Waals surface area contributed by atoms with Crippen molar-refractivity contribution in [2.45, 2.75) is 6.36 Å². The first-order chi connectivity index (χ1) is 9.39. The zero-order chi connectivity index (χ0) is 14.8. The molecule has 20 heavy (non-hydrogen) atoms. The third-order valence-corrected chi connectivity index (χ3v) is 2.59. The van der Waals surface area contributed by atoms with Crippen LogP contribution in [-0.2, 0) is 0 Å². The molecule has 2 aromatic rings. The van der Waals surface area contributed by atoms with Crippen molar-refractivity contribution < 1.29 is 17.9 Å². The summed E-state index contributed by atoms with van der Waals surface area (Å²) in [7, 11) is 0. The molecule has 0 amide bonds. The Morgan fingerprint density at radius 1 is 1.00 bits per heavy atom. The van der Waals surface area contributed by atoms with Crippen molar-refractivity contribution >= 4 is 5.69 Å². The Morgan fingerprint density at radius 2 is 1.60 bits per heavy atom. The summed E-state index contributed by atoms with van der Waals surface area (Å²) in [6.45, 7) is 0. The molecule has 0 bridgehead atoms. The van der Waals surface area contributed by atoms with Gasteiger partial charge in [-0.05, 0) is 35.4 Å². The van der Waals surface area contributed by atoms with Crippen molar-refractivity contribution in [3.63, 3.8) is 0 Å². The molecule has 3 nitrogen and oxygen atoms in total. The van der Waals surface area contributed by atoms with Gasteiger partial charge in [-0.2, -0.15) is 5.26 Å². The van der Waals surface area contributed by atoms with E-state index < -0.39 is 6.36 Å². The smallest absolute Gasteiger partial charge is 0.406 e. The van der Waals surface area contributed by atoms with Gasteiger partial charge in [-0.1, -0.05) is 18.2 Å². The average Bonchev–Trinajstić information content (AvgIpc) is 2.38. The van der Waals surface area contributed by atoms with E-state index in [0.29, 0.717) is 22.4 Å². The highest BCUT2D eigenvalue weighted by Gasteiger charge is 2.30. The summed E-state index contributed by atoms with van der Waals surface area (Å²) in [5.41, 5.74) is 7.63. The lowest BCUT2D eigenvalue weighted by molar-refractivity contribution is -0.274. The molecule has 0 aliphatic heterocycles. The number of ether oxygens (including phenoxy) is 1. The Bertz CT molecular complexity index is 658. The largest absolute Gasteiger partial charge is 0.573 e. The van der Waals surface area contributed by atoms with Gasteiger partial charge < -0.3 is 10.5 Å². The van der Waals surface area contributed by atoms with E-state index in [1.807, 2.05) is 6.07 Å². The molecule has 0 heterocycles. The maximum absolute atomic E-state index is 12.0. The van der Waals surface area contributed by atoms with Gasteiger partial charge in [0.2, 0.25) is 0 Å².